The SMILES string of the molecule is N#Cc1ccc([C@](O)(Cc2ccccc2)C(=O)Nc2ccc3c(c2)COC3=O)cc1. The molecule has 1 amide bonds. The topological polar surface area (TPSA) is 99.4 Å². The minimum Gasteiger partial charge on any atom is -0.457 e. The monoisotopic (exact) mass is 398 g/mol. The van der Waals surface area contributed by atoms with Crippen molar-refractivity contribution in [3.05, 3.63) is 101 Å². The summed E-state index contributed by atoms with van der Waals surface area (Å²) in [7, 11) is 0. The van der Waals surface area contributed by atoms with Gasteiger partial charge in [-0.2, -0.15) is 5.26 Å². The number of esters is 1. The molecule has 6 nitrogen and oxygen atoms in total. The lowest BCUT2D eigenvalue weighted by Crippen LogP contribution is -2.42. The molecule has 0 radical (unpaired) electrons. The van der Waals surface area contributed by atoms with Gasteiger partial charge in [0, 0.05) is 17.7 Å². The first-order valence-corrected chi connectivity index (χ1v) is 9.38. The van der Waals surface area contributed by atoms with Crippen molar-refractivity contribution in [2.45, 2.75) is 18.6 Å². The van der Waals surface area contributed by atoms with Crippen molar-refractivity contribution in [3.63, 3.8) is 0 Å². The lowest BCUT2D eigenvalue weighted by atomic mass is 9.85. The number of hydrogen-bond donors (Lipinski definition) is 2. The largest absolute Gasteiger partial charge is 0.457 e. The Morgan fingerprint density at radius 3 is 2.53 bits per heavy atom. The summed E-state index contributed by atoms with van der Waals surface area (Å²) < 4.78 is 4.99. The van der Waals surface area contributed by atoms with Gasteiger partial charge in [-0.15, -0.1) is 0 Å². The lowest BCUT2D eigenvalue weighted by Gasteiger charge is -2.28. The summed E-state index contributed by atoms with van der Waals surface area (Å²) in [4.78, 5) is 24.9. The van der Waals surface area contributed by atoms with E-state index in [-0.39, 0.29) is 19.0 Å². The molecule has 1 heterocycles. The van der Waals surface area contributed by atoms with Gasteiger partial charge in [-0.05, 0) is 41.5 Å². The molecule has 6 heteroatoms. The molecular formula is C24H18N2O4. The molecule has 0 saturated carbocycles. The number of anilines is 1. The van der Waals surface area contributed by atoms with E-state index >= 15 is 0 Å². The molecule has 148 valence electrons. The fourth-order valence-corrected chi connectivity index (χ4v) is 3.47. The Morgan fingerprint density at radius 1 is 1.10 bits per heavy atom. The van der Waals surface area contributed by atoms with Gasteiger partial charge in [0.15, 0.2) is 5.60 Å². The van der Waals surface area contributed by atoms with Crippen LogP contribution in [0.3, 0.4) is 0 Å². The van der Waals surface area contributed by atoms with Crippen LogP contribution in [0, 0.1) is 11.3 Å². The van der Waals surface area contributed by atoms with Crippen molar-refractivity contribution in [1.82, 2.24) is 0 Å². The molecule has 0 fully saturated rings. The Bertz CT molecular complexity index is 1150. The quantitative estimate of drug-likeness (QED) is 0.643. The highest BCUT2D eigenvalue weighted by Gasteiger charge is 2.38. The van der Waals surface area contributed by atoms with Crippen LogP contribution >= 0.6 is 0 Å². The third-order valence-corrected chi connectivity index (χ3v) is 5.11. The molecule has 1 aliphatic heterocycles. The maximum atomic E-state index is 13.2. The van der Waals surface area contributed by atoms with E-state index in [4.69, 9.17) is 10.00 Å². The van der Waals surface area contributed by atoms with E-state index in [9.17, 15) is 14.7 Å². The van der Waals surface area contributed by atoms with Gasteiger partial charge in [0.05, 0.1) is 17.2 Å². The Morgan fingerprint density at radius 2 is 1.83 bits per heavy atom. The van der Waals surface area contributed by atoms with E-state index < -0.39 is 11.5 Å². The maximum Gasteiger partial charge on any atom is 0.338 e. The molecule has 0 unspecified atom stereocenters. The van der Waals surface area contributed by atoms with Crippen LogP contribution in [0.25, 0.3) is 0 Å². The summed E-state index contributed by atoms with van der Waals surface area (Å²) in [5.41, 5.74) is 1.35. The summed E-state index contributed by atoms with van der Waals surface area (Å²) >= 11 is 0. The predicted octanol–water partition coefficient (Wildman–Crippen LogP) is 3.30. The van der Waals surface area contributed by atoms with Crippen LogP contribution in [-0.2, 0) is 28.2 Å². The first-order valence-electron chi connectivity index (χ1n) is 9.38. The molecule has 3 aromatic carbocycles. The molecule has 0 aromatic heterocycles. The smallest absolute Gasteiger partial charge is 0.338 e. The summed E-state index contributed by atoms with van der Waals surface area (Å²) in [6, 6.07) is 22.4. The lowest BCUT2D eigenvalue weighted by molar-refractivity contribution is -0.135. The van der Waals surface area contributed by atoms with Gasteiger partial charge >= 0.3 is 5.97 Å². The van der Waals surface area contributed by atoms with Gasteiger partial charge in [0.2, 0.25) is 0 Å². The number of fused-ring (bicyclic) bond motifs is 1. The van der Waals surface area contributed by atoms with Crippen LogP contribution < -0.4 is 5.32 Å². The molecule has 2 N–H and O–H groups in total. The highest BCUT2D eigenvalue weighted by Crippen LogP contribution is 2.30. The number of rotatable bonds is 5. The molecule has 0 aliphatic carbocycles. The van der Waals surface area contributed by atoms with Gasteiger partial charge in [0.1, 0.15) is 6.61 Å². The van der Waals surface area contributed by atoms with Gasteiger partial charge in [-0.3, -0.25) is 4.79 Å². The summed E-state index contributed by atoms with van der Waals surface area (Å²) in [5, 5.41) is 23.3. The second-order valence-corrected chi connectivity index (χ2v) is 7.11. The van der Waals surface area contributed by atoms with Gasteiger partial charge in [-0.1, -0.05) is 42.5 Å². The van der Waals surface area contributed by atoms with Crippen molar-refractivity contribution in [3.8, 4) is 6.07 Å². The Balaban J connectivity index is 1.67. The van der Waals surface area contributed by atoms with Crippen molar-refractivity contribution in [2.24, 2.45) is 0 Å². The molecule has 30 heavy (non-hydrogen) atoms. The van der Waals surface area contributed by atoms with Crippen LogP contribution in [0.5, 0.6) is 0 Å². The number of aliphatic hydroxyl groups is 1. The standard InChI is InChI=1S/C24H18N2O4/c25-14-17-6-8-19(9-7-17)24(29,13-16-4-2-1-3-5-16)23(28)26-20-10-11-21-18(12-20)15-30-22(21)27/h1-12,29H,13,15H2,(H,26,28)/t24-/m1/s1. The fraction of sp³-hybridized carbons (Fsp3) is 0.125. The summed E-state index contributed by atoms with van der Waals surface area (Å²) in [5.74, 6) is -0.998. The van der Waals surface area contributed by atoms with Crippen LogP contribution in [0.2, 0.25) is 0 Å². The number of carbonyl (C=O) groups excluding carboxylic acids is 2. The normalized spacial score (nSPS) is 14.2. The molecule has 1 atom stereocenters. The van der Waals surface area contributed by atoms with E-state index in [2.05, 4.69) is 5.32 Å². The predicted molar refractivity (Wildman–Crippen MR) is 109 cm³/mol. The minimum absolute atomic E-state index is 0.0537. The number of cyclic esters (lactones) is 1. The molecule has 3 aromatic rings. The number of ether oxygens (including phenoxy) is 1. The van der Waals surface area contributed by atoms with Gasteiger partial charge in [0.25, 0.3) is 5.91 Å². The average molecular weight is 398 g/mol. The number of benzene rings is 3. The molecule has 0 spiro atoms. The zero-order valence-corrected chi connectivity index (χ0v) is 16.0. The van der Waals surface area contributed by atoms with E-state index in [1.165, 1.54) is 0 Å². The fourth-order valence-electron chi connectivity index (χ4n) is 3.47. The third-order valence-electron chi connectivity index (χ3n) is 5.11. The van der Waals surface area contributed by atoms with E-state index in [0.29, 0.717) is 27.9 Å². The van der Waals surface area contributed by atoms with Gasteiger partial charge < -0.3 is 15.2 Å². The minimum atomic E-state index is -1.86. The average Bonchev–Trinajstić information content (AvgIpc) is 3.14. The highest BCUT2D eigenvalue weighted by atomic mass is 16.5. The Labute approximate surface area is 173 Å². The molecule has 1 aliphatic rings. The third kappa shape index (κ3) is 3.66. The number of nitrogens with zero attached hydrogens (tertiary/aromatic N) is 1. The summed E-state index contributed by atoms with van der Waals surface area (Å²) in [6.07, 6.45) is 0.0537. The molecule has 4 rings (SSSR count). The van der Waals surface area contributed by atoms with Crippen molar-refractivity contribution in [2.75, 3.05) is 5.32 Å². The zero-order valence-electron chi connectivity index (χ0n) is 16.0. The van der Waals surface area contributed by atoms with Crippen molar-refractivity contribution in [1.29, 1.82) is 5.26 Å². The molecule has 0 bridgehead atoms. The van der Waals surface area contributed by atoms with Crippen molar-refractivity contribution >= 4 is 17.6 Å². The zero-order chi connectivity index (χ0) is 21.1. The second-order valence-electron chi connectivity index (χ2n) is 7.11. The van der Waals surface area contributed by atoms with Gasteiger partial charge in [-0.25, -0.2) is 4.79 Å². The van der Waals surface area contributed by atoms with Crippen LogP contribution in [0.15, 0.2) is 72.8 Å². The van der Waals surface area contributed by atoms with E-state index in [1.54, 1.807) is 42.5 Å². The molecule has 0 saturated heterocycles. The van der Waals surface area contributed by atoms with E-state index in [0.717, 1.165) is 5.56 Å². The first kappa shape index (κ1) is 19.4. The number of hydrogen-bond acceptors (Lipinski definition) is 5. The Kier molecular flexibility index (Phi) is 5.05. The van der Waals surface area contributed by atoms with E-state index in [1.807, 2.05) is 36.4 Å². The first-order chi connectivity index (χ1) is 14.5. The van der Waals surface area contributed by atoms with Crippen molar-refractivity contribution < 1.29 is 19.4 Å². The Hall–Kier alpha value is -3.95. The number of nitrogens with one attached hydrogen (secondary N) is 1. The van der Waals surface area contributed by atoms with Crippen LogP contribution in [0.4, 0.5) is 5.69 Å². The van der Waals surface area contributed by atoms with Crippen LogP contribution in [-0.4, -0.2) is 17.0 Å². The summed E-state index contributed by atoms with van der Waals surface area (Å²) in [6.45, 7) is 0.155. The second kappa shape index (κ2) is 7.82. The number of amides is 1. The maximum absolute atomic E-state index is 13.2. The molecular weight excluding hydrogens is 380 g/mol. The highest BCUT2D eigenvalue weighted by molar-refractivity contribution is 5.99. The van der Waals surface area contributed by atoms with Crippen LogP contribution in [0.1, 0.15) is 32.6 Å². The number of carbonyl (C=O) groups is 2. The number of nitriles is 1.